The number of carbonyl (C=O) groups is 9. The standard InChI is InChI=1S/C28H39N5O5.C23H31N5O3.C14H13N3O4.C14H26N2O2.CH4.ClH.2W/c1-27(2,3)38-26(37)32-16-12-28(13-17-32)10-14-31(15-11-28)18-19-6-5-7-20-23(19)30(4)25(36)33(20)21-8-9-22(34)29-24(21)35;1-26-20-16(15-27-13-9-23(10-14-27)7-11-24-12-8-23)3-2-4-17(20)28(22(26)31)18-5-6-19(29)25-21(18)30;1-16-12-8(7-18)3-2-4-9(12)17(14(16)21)10-5-6-11(19)15-13(10)20;1-13(2,3)18-12(17)16-10-6-14(7-11-16)4-8-15-9-5-14;;;;/h5-7,21H,8-18H2,1-4H3,(H,29,34,35);2-4,18,24H,5-15H2,1H3,(H,25,29,30);2-4,7,10H,5-6H2,1H3,(H,15,19,20);15H,4-11H2,1-3H3;1H4;1H;;. The molecule has 5 N–H and O–H groups in total. The van der Waals surface area contributed by atoms with Gasteiger partial charge in [-0.25, -0.2) is 24.0 Å². The molecule has 0 bridgehead atoms. The number of halogens is 1. The van der Waals surface area contributed by atoms with Crippen molar-refractivity contribution < 1.29 is 94.8 Å². The number of amides is 8. The number of nitrogens with one attached hydrogen (secondary N) is 5. The minimum atomic E-state index is -0.735. The SMILES string of the molecule is C.CC(C)(C)OC(=O)N1CCC2(CCNCC2)CC1.Cl.Cn1c(=O)n(C2CCC(=O)NC2=O)c2cccc(C=O)c21.Cn1c(=O)n(C2CCC(=O)NC2=O)c2cccc(CN3CCC4(CC3)CCN(C(=O)OC(C)(C)C)CC4)c21.Cn1c(=O)n(C2CCC(=O)NC2=O)c2cccc(CN3CCC4(CCNCC4)CC3)c21.[W].[W]. The van der Waals surface area contributed by atoms with Crippen LogP contribution in [0, 0.1) is 16.2 Å². The van der Waals surface area contributed by atoms with Gasteiger partial charge in [0, 0.05) is 127 Å². The number of aldehydes is 1. The number of benzene rings is 3. The molecule has 6 aromatic rings. The van der Waals surface area contributed by atoms with Crippen LogP contribution in [-0.4, -0.2) is 191 Å². The van der Waals surface area contributed by atoms with E-state index in [0.29, 0.717) is 46.6 Å². The molecule has 8 amide bonds. The van der Waals surface area contributed by atoms with Gasteiger partial charge in [0.05, 0.1) is 33.1 Å². The molecular weight excluding hydrogens is 1800 g/mol. The Balaban J connectivity index is 0.000000192. The minimum absolute atomic E-state index is 0. The van der Waals surface area contributed by atoms with Crippen molar-refractivity contribution in [1.82, 2.24) is 73.6 Å². The molecule has 3 aromatic carbocycles. The van der Waals surface area contributed by atoms with E-state index in [0.717, 1.165) is 163 Å². The predicted octanol–water partition coefficient (Wildman–Crippen LogP) is 7.78. The van der Waals surface area contributed by atoms with Crippen LogP contribution in [0.4, 0.5) is 9.59 Å². The summed E-state index contributed by atoms with van der Waals surface area (Å²) in [6.45, 7) is 24.8. The topological polar surface area (TPSA) is 326 Å². The number of carbonyl (C=O) groups excluding carboxylic acids is 9. The Hall–Kier alpha value is -7.39. The molecule has 0 saturated carbocycles. The van der Waals surface area contributed by atoms with Gasteiger partial charge in [-0.15, -0.1) is 12.4 Å². The van der Waals surface area contributed by atoms with Crippen molar-refractivity contribution >= 4 is 99.4 Å². The van der Waals surface area contributed by atoms with Gasteiger partial charge in [-0.3, -0.25) is 86.7 Å². The number of likely N-dealkylation sites (tertiary alicyclic amines) is 4. The number of imidazole rings is 3. The summed E-state index contributed by atoms with van der Waals surface area (Å²) in [5.41, 5.74) is 6.37. The maximum absolute atomic E-state index is 13.2. The van der Waals surface area contributed by atoms with Crippen LogP contribution >= 0.6 is 12.4 Å². The number of aryl methyl sites for hydroxylation is 3. The zero-order valence-electron chi connectivity index (χ0n) is 65.5. The maximum atomic E-state index is 13.2. The van der Waals surface area contributed by atoms with Crippen LogP contribution in [0.3, 0.4) is 0 Å². The molecule has 9 aliphatic rings. The van der Waals surface area contributed by atoms with E-state index in [1.165, 1.54) is 47.7 Å². The van der Waals surface area contributed by atoms with Crippen LogP contribution in [0.1, 0.15) is 204 Å². The van der Waals surface area contributed by atoms with E-state index in [9.17, 15) is 57.5 Å². The molecule has 9 saturated heterocycles. The molecule has 3 unspecified atom stereocenters. The van der Waals surface area contributed by atoms with Crippen molar-refractivity contribution in [2.24, 2.45) is 37.4 Å². The fourth-order valence-corrected chi connectivity index (χ4v) is 17.8. The number of ether oxygens (including phenoxy) is 2. The number of hydrogen-bond acceptors (Lipinski definition) is 18. The molecule has 0 aliphatic carbocycles. The smallest absolute Gasteiger partial charge is 0.410 e. The van der Waals surface area contributed by atoms with Crippen molar-refractivity contribution in [3.63, 3.8) is 0 Å². The normalized spacial score (nSPS) is 21.9. The van der Waals surface area contributed by atoms with Crippen LogP contribution < -0.4 is 43.7 Å². The van der Waals surface area contributed by atoms with Gasteiger partial charge in [0.1, 0.15) is 29.3 Å². The molecule has 3 aromatic heterocycles. The molecule has 3 atom stereocenters. The number of hydrogen-bond donors (Lipinski definition) is 5. The third-order valence-electron chi connectivity index (χ3n) is 24.1. The van der Waals surface area contributed by atoms with Gasteiger partial charge in [-0.2, -0.15) is 0 Å². The third kappa shape index (κ3) is 20.1. The summed E-state index contributed by atoms with van der Waals surface area (Å²) < 4.78 is 20.1. The molecule has 112 heavy (non-hydrogen) atoms. The minimum Gasteiger partial charge on any atom is -0.444 e. The molecule has 9 aliphatic heterocycles. The van der Waals surface area contributed by atoms with Gasteiger partial charge in [-0.05, 0) is 242 Å². The van der Waals surface area contributed by atoms with Gasteiger partial charge in [-0.1, -0.05) is 37.8 Å². The number of para-hydroxylation sites is 3. The Kier molecular flexibility index (Phi) is 30.2. The third-order valence-corrected chi connectivity index (χ3v) is 24.1. The molecule has 0 radical (unpaired) electrons. The zero-order valence-corrected chi connectivity index (χ0v) is 72.2. The fraction of sp³-hybridized carbons (Fsp3) is 0.625. The molecule has 29 nitrogen and oxygen atoms in total. The van der Waals surface area contributed by atoms with Crippen LogP contribution in [0.15, 0.2) is 69.0 Å². The molecule has 612 valence electrons. The number of fused-ring (bicyclic) bond motifs is 3. The van der Waals surface area contributed by atoms with E-state index in [4.69, 9.17) is 9.47 Å². The number of rotatable bonds is 8. The number of nitrogens with zero attached hydrogens (tertiary/aromatic N) is 10. The van der Waals surface area contributed by atoms with Crippen LogP contribution in [0.5, 0.6) is 0 Å². The number of aromatic nitrogens is 6. The maximum Gasteiger partial charge on any atom is 0.410 e. The quantitative estimate of drug-likeness (QED) is 0.0717. The molecule has 32 heteroatoms. The average molecular weight is 1910 g/mol. The summed E-state index contributed by atoms with van der Waals surface area (Å²) >= 11 is 0. The van der Waals surface area contributed by atoms with Gasteiger partial charge in [0.2, 0.25) is 35.4 Å². The van der Waals surface area contributed by atoms with E-state index in [1.807, 2.05) is 75.6 Å². The Labute approximate surface area is 689 Å². The second kappa shape index (κ2) is 37.5. The molecule has 12 heterocycles. The van der Waals surface area contributed by atoms with Crippen LogP contribution in [0.25, 0.3) is 33.1 Å². The second-order valence-corrected chi connectivity index (χ2v) is 33.4. The van der Waals surface area contributed by atoms with Gasteiger partial charge < -0.3 is 29.9 Å². The summed E-state index contributed by atoms with van der Waals surface area (Å²) in [6.07, 6.45) is 15.9. The first-order valence-electron chi connectivity index (χ1n) is 38.7. The van der Waals surface area contributed by atoms with E-state index in [2.05, 4.69) is 48.5 Å². The first-order valence-corrected chi connectivity index (χ1v) is 38.7. The summed E-state index contributed by atoms with van der Waals surface area (Å²) in [5, 5.41) is 13.9. The van der Waals surface area contributed by atoms with Crippen molar-refractivity contribution in [2.45, 2.75) is 207 Å². The summed E-state index contributed by atoms with van der Waals surface area (Å²) in [7, 11) is 5.08. The molecule has 3 spiro atoms. The Morgan fingerprint density at radius 3 is 1.03 bits per heavy atom. The van der Waals surface area contributed by atoms with E-state index in [-0.39, 0.29) is 152 Å². The van der Waals surface area contributed by atoms with Crippen molar-refractivity contribution in [3.8, 4) is 0 Å². The van der Waals surface area contributed by atoms with E-state index >= 15 is 0 Å². The molecular formula is C80H114ClN15O14W2. The van der Waals surface area contributed by atoms with Crippen molar-refractivity contribution in [1.29, 1.82) is 0 Å². The van der Waals surface area contributed by atoms with E-state index < -0.39 is 35.5 Å². The second-order valence-electron chi connectivity index (χ2n) is 33.4. The van der Waals surface area contributed by atoms with Gasteiger partial charge in [0.25, 0.3) is 0 Å². The molecule has 15 rings (SSSR count). The van der Waals surface area contributed by atoms with Crippen molar-refractivity contribution in [3.05, 3.63) is 103 Å². The molecule has 9 fully saturated rings. The predicted molar refractivity (Wildman–Crippen MR) is 420 cm³/mol. The monoisotopic (exact) mass is 1910 g/mol. The van der Waals surface area contributed by atoms with Gasteiger partial charge >= 0.3 is 29.3 Å². The van der Waals surface area contributed by atoms with Crippen molar-refractivity contribution in [2.75, 3.05) is 78.5 Å². The summed E-state index contributed by atoms with van der Waals surface area (Å²) in [5.74, 6) is -2.19. The Morgan fingerprint density at radius 2 is 0.723 bits per heavy atom. The number of piperidine rings is 9. The summed E-state index contributed by atoms with van der Waals surface area (Å²) in [6, 6.07) is 14.8. The largest absolute Gasteiger partial charge is 0.444 e. The fourth-order valence-electron chi connectivity index (χ4n) is 17.8. The zero-order chi connectivity index (χ0) is 77.2. The first-order chi connectivity index (χ1) is 51.4. The van der Waals surface area contributed by atoms with Crippen LogP contribution in [-0.2, 0) is 115 Å². The Morgan fingerprint density at radius 1 is 0.438 bits per heavy atom. The number of imide groups is 3. The Bertz CT molecular complexity index is 4610. The summed E-state index contributed by atoms with van der Waals surface area (Å²) in [4.78, 5) is 154. The van der Waals surface area contributed by atoms with E-state index in [1.54, 1.807) is 57.6 Å². The van der Waals surface area contributed by atoms with Gasteiger partial charge in [0.15, 0.2) is 6.29 Å². The first kappa shape index (κ1) is 90.1. The average Bonchev–Trinajstić information content (AvgIpc) is 1.61. The van der Waals surface area contributed by atoms with Crippen LogP contribution in [0.2, 0.25) is 0 Å².